The van der Waals surface area contributed by atoms with Gasteiger partial charge in [-0.3, -0.25) is 4.40 Å². The highest BCUT2D eigenvalue weighted by Gasteiger charge is 2.16. The standard InChI is InChI=1S/C38H23N3/c1-2-9-25-20-28(17-16-24(25)8-1)26-11-7-12-27(21-26)29-18-19-35-31(22-29)37-32(23-30-10-3-4-13-33(30)39-37)38-40-34-14-5-6-15-36(34)41(35)38/h1-23H. The quantitative estimate of drug-likeness (QED) is 0.167. The van der Waals surface area contributed by atoms with Crippen molar-refractivity contribution in [2.45, 2.75) is 0 Å². The number of hydrogen-bond donors (Lipinski definition) is 0. The molecule has 41 heavy (non-hydrogen) atoms. The number of aromatic nitrogens is 3. The molecule has 3 nitrogen and oxygen atoms in total. The van der Waals surface area contributed by atoms with Gasteiger partial charge in [-0.2, -0.15) is 0 Å². The Morgan fingerprint density at radius 2 is 1.07 bits per heavy atom. The summed E-state index contributed by atoms with van der Waals surface area (Å²) in [6.07, 6.45) is 0. The third-order valence-electron chi connectivity index (χ3n) is 8.30. The molecule has 6 aromatic carbocycles. The molecule has 0 bridgehead atoms. The van der Waals surface area contributed by atoms with Gasteiger partial charge < -0.3 is 0 Å². The summed E-state index contributed by atoms with van der Waals surface area (Å²) in [7, 11) is 0. The monoisotopic (exact) mass is 521 g/mol. The summed E-state index contributed by atoms with van der Waals surface area (Å²) in [5, 5.41) is 5.81. The fourth-order valence-electron chi connectivity index (χ4n) is 6.29. The van der Waals surface area contributed by atoms with E-state index in [-0.39, 0.29) is 0 Å². The van der Waals surface area contributed by atoms with Crippen LogP contribution in [0, 0.1) is 0 Å². The number of para-hydroxylation sites is 3. The predicted molar refractivity (Wildman–Crippen MR) is 171 cm³/mol. The van der Waals surface area contributed by atoms with E-state index in [1.54, 1.807) is 0 Å². The van der Waals surface area contributed by atoms with E-state index in [9.17, 15) is 0 Å². The minimum atomic E-state index is 0.943. The maximum atomic E-state index is 5.20. The van der Waals surface area contributed by atoms with E-state index in [1.807, 2.05) is 6.07 Å². The first-order valence-electron chi connectivity index (χ1n) is 13.9. The van der Waals surface area contributed by atoms with Crippen molar-refractivity contribution in [3.05, 3.63) is 140 Å². The Hall–Kier alpha value is -5.54. The number of benzene rings is 6. The summed E-state index contributed by atoms with van der Waals surface area (Å²) < 4.78 is 2.29. The number of rotatable bonds is 2. The minimum Gasteiger partial charge on any atom is -0.292 e. The molecule has 0 unspecified atom stereocenters. The molecule has 3 aromatic heterocycles. The molecule has 0 saturated heterocycles. The lowest BCUT2D eigenvalue weighted by Crippen LogP contribution is -1.94. The Bertz CT molecular complexity index is 2490. The van der Waals surface area contributed by atoms with Crippen LogP contribution in [0.2, 0.25) is 0 Å². The van der Waals surface area contributed by atoms with Gasteiger partial charge in [0.2, 0.25) is 0 Å². The molecule has 0 atom stereocenters. The van der Waals surface area contributed by atoms with Crippen LogP contribution in [-0.2, 0) is 0 Å². The van der Waals surface area contributed by atoms with E-state index in [1.165, 1.54) is 33.0 Å². The smallest absolute Gasteiger partial charge is 0.147 e. The molecule has 0 radical (unpaired) electrons. The van der Waals surface area contributed by atoms with Gasteiger partial charge in [0.1, 0.15) is 5.65 Å². The van der Waals surface area contributed by atoms with Gasteiger partial charge in [0.05, 0.1) is 27.6 Å². The first-order chi connectivity index (χ1) is 20.3. The zero-order chi connectivity index (χ0) is 26.9. The normalized spacial score (nSPS) is 11.9. The zero-order valence-corrected chi connectivity index (χ0v) is 22.1. The van der Waals surface area contributed by atoms with Gasteiger partial charge in [0.25, 0.3) is 0 Å². The lowest BCUT2D eigenvalue weighted by Gasteiger charge is -2.12. The Morgan fingerprint density at radius 1 is 0.390 bits per heavy atom. The molecule has 0 aliphatic carbocycles. The van der Waals surface area contributed by atoms with Crippen molar-refractivity contribution in [1.29, 1.82) is 0 Å². The van der Waals surface area contributed by atoms with Gasteiger partial charge in [-0.15, -0.1) is 0 Å². The molecule has 3 heteroatoms. The first kappa shape index (κ1) is 22.3. The average Bonchev–Trinajstić information content (AvgIpc) is 3.44. The van der Waals surface area contributed by atoms with Crippen LogP contribution in [0.3, 0.4) is 0 Å². The molecule has 0 fully saturated rings. The second-order valence-corrected chi connectivity index (χ2v) is 10.7. The van der Waals surface area contributed by atoms with E-state index in [2.05, 4.69) is 138 Å². The van der Waals surface area contributed by atoms with E-state index in [4.69, 9.17) is 9.97 Å². The fraction of sp³-hybridized carbons (Fsp3) is 0. The maximum Gasteiger partial charge on any atom is 0.147 e. The molecule has 0 saturated carbocycles. The van der Waals surface area contributed by atoms with Crippen LogP contribution in [0.1, 0.15) is 0 Å². The molecule has 9 rings (SSSR count). The highest BCUT2D eigenvalue weighted by Crippen LogP contribution is 2.36. The molecule has 0 aliphatic heterocycles. The van der Waals surface area contributed by atoms with Gasteiger partial charge in [0, 0.05) is 16.2 Å². The molecular weight excluding hydrogens is 498 g/mol. The summed E-state index contributed by atoms with van der Waals surface area (Å²) in [5.74, 6) is 0. The number of hydrogen-bond acceptors (Lipinski definition) is 2. The van der Waals surface area contributed by atoms with Gasteiger partial charge in [-0.05, 0) is 81.6 Å². The highest BCUT2D eigenvalue weighted by molar-refractivity contribution is 6.15. The zero-order valence-electron chi connectivity index (χ0n) is 22.1. The van der Waals surface area contributed by atoms with Crippen LogP contribution in [0.5, 0.6) is 0 Å². The molecule has 0 amide bonds. The average molecular weight is 522 g/mol. The molecule has 0 spiro atoms. The first-order valence-corrected chi connectivity index (χ1v) is 13.9. The summed E-state index contributed by atoms with van der Waals surface area (Å²) in [6.45, 7) is 0. The van der Waals surface area contributed by atoms with Gasteiger partial charge in [-0.25, -0.2) is 9.97 Å². The second kappa shape index (κ2) is 8.48. The Labute approximate surface area is 236 Å². The van der Waals surface area contributed by atoms with Gasteiger partial charge in [0.15, 0.2) is 0 Å². The maximum absolute atomic E-state index is 5.20. The van der Waals surface area contributed by atoms with Crippen LogP contribution in [0.15, 0.2) is 140 Å². The number of pyridine rings is 2. The summed E-state index contributed by atoms with van der Waals surface area (Å²) in [6, 6.07) is 49.7. The summed E-state index contributed by atoms with van der Waals surface area (Å²) in [5.41, 5.74) is 10.9. The van der Waals surface area contributed by atoms with Crippen LogP contribution in [0.25, 0.3) is 82.4 Å². The minimum absolute atomic E-state index is 0.943. The van der Waals surface area contributed by atoms with Crippen LogP contribution in [0.4, 0.5) is 0 Å². The van der Waals surface area contributed by atoms with Crippen molar-refractivity contribution < 1.29 is 0 Å². The summed E-state index contributed by atoms with van der Waals surface area (Å²) in [4.78, 5) is 10.3. The second-order valence-electron chi connectivity index (χ2n) is 10.7. The molecule has 0 N–H and O–H groups in total. The van der Waals surface area contributed by atoms with Crippen LogP contribution in [-0.4, -0.2) is 14.4 Å². The third kappa shape index (κ3) is 3.39. The Morgan fingerprint density at radius 3 is 1.95 bits per heavy atom. The fourth-order valence-corrected chi connectivity index (χ4v) is 6.29. The van der Waals surface area contributed by atoms with Crippen molar-refractivity contribution in [2.75, 3.05) is 0 Å². The Balaban J connectivity index is 1.31. The van der Waals surface area contributed by atoms with Crippen LogP contribution >= 0.6 is 0 Å². The SMILES string of the molecule is c1cc(-c2ccc3ccccc3c2)cc(-c2ccc3c(c2)c2nc4ccccc4cc2c2nc4ccccc4n32)c1. The van der Waals surface area contributed by atoms with E-state index in [0.717, 1.165) is 49.4 Å². The lowest BCUT2D eigenvalue weighted by molar-refractivity contribution is 1.31. The van der Waals surface area contributed by atoms with E-state index >= 15 is 0 Å². The van der Waals surface area contributed by atoms with Gasteiger partial charge >= 0.3 is 0 Å². The Kier molecular flexibility index (Phi) is 4.61. The van der Waals surface area contributed by atoms with Crippen LogP contribution < -0.4 is 0 Å². The number of imidazole rings is 1. The van der Waals surface area contributed by atoms with Crippen molar-refractivity contribution in [3.8, 4) is 22.3 Å². The van der Waals surface area contributed by atoms with Crippen molar-refractivity contribution in [1.82, 2.24) is 14.4 Å². The van der Waals surface area contributed by atoms with Crippen molar-refractivity contribution >= 4 is 60.2 Å². The third-order valence-corrected chi connectivity index (χ3v) is 8.30. The van der Waals surface area contributed by atoms with Gasteiger partial charge in [-0.1, -0.05) is 91.0 Å². The molecule has 190 valence electrons. The predicted octanol–water partition coefficient (Wildman–Crippen LogP) is 9.83. The van der Waals surface area contributed by atoms with E-state index in [0.29, 0.717) is 0 Å². The summed E-state index contributed by atoms with van der Waals surface area (Å²) >= 11 is 0. The molecule has 9 aromatic rings. The highest BCUT2D eigenvalue weighted by atomic mass is 15.0. The molecule has 3 heterocycles. The lowest BCUT2D eigenvalue weighted by atomic mass is 9.96. The largest absolute Gasteiger partial charge is 0.292 e. The molecule has 0 aliphatic rings. The van der Waals surface area contributed by atoms with Crippen molar-refractivity contribution in [2.24, 2.45) is 0 Å². The number of fused-ring (bicyclic) bond motifs is 10. The van der Waals surface area contributed by atoms with E-state index < -0.39 is 0 Å². The molecular formula is C38H23N3. The van der Waals surface area contributed by atoms with Crippen molar-refractivity contribution in [3.63, 3.8) is 0 Å². The number of nitrogens with zero attached hydrogens (tertiary/aromatic N) is 3. The topological polar surface area (TPSA) is 30.2 Å².